The van der Waals surface area contributed by atoms with Gasteiger partial charge in [0.05, 0.1) is 27.7 Å². The van der Waals surface area contributed by atoms with Crippen molar-refractivity contribution in [1.82, 2.24) is 0 Å². The van der Waals surface area contributed by atoms with E-state index in [1.807, 2.05) is 21.1 Å². The Morgan fingerprint density at radius 3 is 0.934 bits per heavy atom. The number of rotatable bonds is 71. The van der Waals surface area contributed by atoms with Crippen LogP contribution in [0, 0.1) is 0 Å². The second kappa shape index (κ2) is 71.2. The summed E-state index contributed by atoms with van der Waals surface area (Å²) >= 11 is 0. The normalized spacial score (nSPS) is 13.6. The van der Waals surface area contributed by atoms with Gasteiger partial charge in [-0.15, -0.1) is 0 Å². The average molecular weight is 1290 g/mol. The molecule has 2 unspecified atom stereocenters. The molecule has 0 rings (SSSR count). The molecule has 0 spiro atoms. The van der Waals surface area contributed by atoms with Gasteiger partial charge in [0.25, 0.3) is 0 Å². The van der Waals surface area contributed by atoms with E-state index in [2.05, 4.69) is 111 Å². The molecule has 91 heavy (non-hydrogen) atoms. The highest BCUT2D eigenvalue weighted by atomic mass is 31.2. The van der Waals surface area contributed by atoms with Gasteiger partial charge in [0.1, 0.15) is 19.8 Å². The largest absolute Gasteiger partial charge is 0.472 e. The number of esters is 2. The van der Waals surface area contributed by atoms with Gasteiger partial charge in [-0.2, -0.15) is 0 Å². The Balaban J connectivity index is 3.99. The van der Waals surface area contributed by atoms with Crippen LogP contribution in [0.25, 0.3) is 0 Å². The highest BCUT2D eigenvalue weighted by Crippen LogP contribution is 2.43. The fourth-order valence-corrected chi connectivity index (χ4v) is 11.8. The Morgan fingerprint density at radius 1 is 0.352 bits per heavy atom. The quantitative estimate of drug-likeness (QED) is 0.0211. The maximum Gasteiger partial charge on any atom is 0.472 e. The van der Waals surface area contributed by atoms with Crippen LogP contribution in [0.15, 0.2) is 97.2 Å². The molecule has 10 heteroatoms. The van der Waals surface area contributed by atoms with E-state index >= 15 is 0 Å². The molecule has 0 radical (unpaired) electrons. The predicted molar refractivity (Wildman–Crippen MR) is 395 cm³/mol. The SMILES string of the molecule is CC/C=C\C/C=C\C/C=C\C/C=C\C/C=C\C/C=C\C/C=C\C/C=C\CCCCCCCCCCCCCCCCC(=O)OC(COC(=O)CCCCCCCCCCCCCCCCCCCCCCCCCCCCCC)COP(=O)(O)OCC[N+](C)(C)C. The van der Waals surface area contributed by atoms with Gasteiger partial charge in [-0.3, -0.25) is 18.6 Å². The van der Waals surface area contributed by atoms with E-state index in [1.165, 1.54) is 231 Å². The van der Waals surface area contributed by atoms with Gasteiger partial charge in [0.15, 0.2) is 6.10 Å². The number of carbonyl (C=O) groups excluding carboxylic acids is 2. The maximum atomic E-state index is 12.9. The van der Waals surface area contributed by atoms with Crippen molar-refractivity contribution in [3.05, 3.63) is 97.2 Å². The number of hydrogen-bond acceptors (Lipinski definition) is 7. The van der Waals surface area contributed by atoms with Crippen molar-refractivity contribution in [2.45, 2.75) is 360 Å². The molecule has 0 saturated carbocycles. The van der Waals surface area contributed by atoms with Crippen LogP contribution in [0.5, 0.6) is 0 Å². The summed E-state index contributed by atoms with van der Waals surface area (Å²) in [5.74, 6) is -0.783. The third kappa shape index (κ3) is 75.8. The number of unbranched alkanes of at least 4 members (excludes halogenated alkanes) is 41. The minimum atomic E-state index is -4.40. The maximum absolute atomic E-state index is 12.9. The van der Waals surface area contributed by atoms with Gasteiger partial charge in [0.2, 0.25) is 0 Å². The van der Waals surface area contributed by atoms with Crippen molar-refractivity contribution < 1.29 is 42.1 Å². The molecule has 0 aliphatic carbocycles. The van der Waals surface area contributed by atoms with E-state index in [0.29, 0.717) is 23.9 Å². The average Bonchev–Trinajstić information content (AvgIpc) is 3.30. The Hall–Kier alpha value is -3.07. The molecule has 528 valence electrons. The fraction of sp³-hybridized carbons (Fsp3) is 0.778. The first-order chi connectivity index (χ1) is 44.5. The molecule has 0 bridgehead atoms. The summed E-state index contributed by atoms with van der Waals surface area (Å²) in [7, 11) is 1.49. The minimum Gasteiger partial charge on any atom is -0.462 e. The summed E-state index contributed by atoms with van der Waals surface area (Å²) in [6.45, 7) is 4.37. The van der Waals surface area contributed by atoms with Crippen LogP contribution < -0.4 is 0 Å². The first kappa shape index (κ1) is 87.9. The Bertz CT molecular complexity index is 1860. The van der Waals surface area contributed by atoms with Crippen molar-refractivity contribution >= 4 is 19.8 Å². The number of phosphoric ester groups is 1. The highest BCUT2D eigenvalue weighted by Gasteiger charge is 2.27. The molecular weight excluding hydrogens is 1150 g/mol. The van der Waals surface area contributed by atoms with Gasteiger partial charge in [-0.05, 0) is 77.0 Å². The lowest BCUT2D eigenvalue weighted by atomic mass is 10.0. The monoisotopic (exact) mass is 1290 g/mol. The van der Waals surface area contributed by atoms with Gasteiger partial charge in [-0.1, -0.05) is 361 Å². The number of phosphoric acid groups is 1. The van der Waals surface area contributed by atoms with Crippen molar-refractivity contribution in [2.24, 2.45) is 0 Å². The summed E-state index contributed by atoms with van der Waals surface area (Å²) in [6, 6.07) is 0. The molecule has 0 fully saturated rings. The number of allylic oxidation sites excluding steroid dienone is 16. The van der Waals surface area contributed by atoms with Crippen LogP contribution in [-0.2, 0) is 32.7 Å². The summed E-state index contributed by atoms with van der Waals surface area (Å²) in [4.78, 5) is 36.0. The Labute approximate surface area is 564 Å². The molecule has 0 aromatic rings. The molecule has 0 aromatic heterocycles. The number of quaternary nitrogens is 1. The zero-order valence-corrected chi connectivity index (χ0v) is 61.2. The fourth-order valence-electron chi connectivity index (χ4n) is 11.0. The number of nitrogens with zero attached hydrogens (tertiary/aromatic N) is 1. The van der Waals surface area contributed by atoms with E-state index in [9.17, 15) is 19.0 Å². The molecule has 0 aliphatic rings. The Morgan fingerprint density at radius 2 is 0.626 bits per heavy atom. The molecule has 0 aliphatic heterocycles. The highest BCUT2D eigenvalue weighted by molar-refractivity contribution is 7.47. The molecular formula is C81H147NO8P+. The summed E-state index contributed by atoms with van der Waals surface area (Å²) in [5.41, 5.74) is 0. The van der Waals surface area contributed by atoms with Gasteiger partial charge in [-0.25, -0.2) is 4.57 Å². The topological polar surface area (TPSA) is 108 Å². The number of likely N-dealkylation sites (N-methyl/N-ethyl adjacent to an activating group) is 1. The van der Waals surface area contributed by atoms with Crippen molar-refractivity contribution in [2.75, 3.05) is 47.5 Å². The zero-order chi connectivity index (χ0) is 66.2. The number of ether oxygens (including phenoxy) is 2. The molecule has 0 amide bonds. The number of hydrogen-bond donors (Lipinski definition) is 1. The molecule has 2 atom stereocenters. The first-order valence-corrected chi connectivity index (χ1v) is 40.0. The Kier molecular flexibility index (Phi) is 68.8. The van der Waals surface area contributed by atoms with Crippen LogP contribution in [0.3, 0.4) is 0 Å². The van der Waals surface area contributed by atoms with Gasteiger partial charge in [0, 0.05) is 12.8 Å². The lowest BCUT2D eigenvalue weighted by molar-refractivity contribution is -0.870. The molecule has 0 aromatic carbocycles. The lowest BCUT2D eigenvalue weighted by Gasteiger charge is -2.24. The molecule has 1 N–H and O–H groups in total. The second-order valence-corrected chi connectivity index (χ2v) is 28.5. The molecule has 0 saturated heterocycles. The van der Waals surface area contributed by atoms with Crippen LogP contribution in [0.4, 0.5) is 0 Å². The third-order valence-corrected chi connectivity index (χ3v) is 17.9. The smallest absolute Gasteiger partial charge is 0.462 e. The molecule has 9 nitrogen and oxygen atoms in total. The van der Waals surface area contributed by atoms with E-state index in [0.717, 1.165) is 89.9 Å². The lowest BCUT2D eigenvalue weighted by Crippen LogP contribution is -2.37. The first-order valence-electron chi connectivity index (χ1n) is 38.5. The standard InChI is InChI=1S/C81H146NO8P/c1-6-8-10-12-14-16-18-20-22-24-26-28-30-32-34-36-37-38-39-40-41-42-43-44-45-46-48-50-52-54-56-58-60-62-64-66-68-70-72-74-81(84)90-79(78-89-91(85,86)88-76-75-82(3,4)5)77-87-80(83)73-71-69-67-65-63-61-59-57-55-53-51-49-47-35-33-31-29-27-25-23-21-19-17-15-13-11-9-7-2/h8,10,14,16,20,22,26,28,32,34,37-38,40-41,43-44,79H,6-7,9,11-13,15,17-19,21,23-25,27,29-31,33,35-36,39,42,45-78H2,1-5H3/p+1/b10-8-,16-14-,22-20-,28-26-,34-32-,38-37-,41-40-,44-43-. The van der Waals surface area contributed by atoms with Gasteiger partial charge < -0.3 is 18.9 Å². The van der Waals surface area contributed by atoms with Crippen LogP contribution in [0.1, 0.15) is 354 Å². The van der Waals surface area contributed by atoms with E-state index < -0.39 is 26.5 Å². The van der Waals surface area contributed by atoms with Gasteiger partial charge >= 0.3 is 19.8 Å². The van der Waals surface area contributed by atoms with Crippen LogP contribution >= 0.6 is 7.82 Å². The van der Waals surface area contributed by atoms with Crippen LogP contribution in [-0.4, -0.2) is 74.9 Å². The van der Waals surface area contributed by atoms with E-state index in [1.54, 1.807) is 0 Å². The van der Waals surface area contributed by atoms with Crippen molar-refractivity contribution in [1.29, 1.82) is 0 Å². The minimum absolute atomic E-state index is 0.0309. The third-order valence-electron chi connectivity index (χ3n) is 16.9. The van der Waals surface area contributed by atoms with Crippen LogP contribution in [0.2, 0.25) is 0 Å². The second-order valence-electron chi connectivity index (χ2n) is 27.0. The van der Waals surface area contributed by atoms with Crippen molar-refractivity contribution in [3.63, 3.8) is 0 Å². The zero-order valence-electron chi connectivity index (χ0n) is 60.3. The van der Waals surface area contributed by atoms with E-state index in [4.69, 9.17) is 18.5 Å². The summed E-state index contributed by atoms with van der Waals surface area (Å²) < 4.78 is 34.8. The summed E-state index contributed by atoms with van der Waals surface area (Å²) in [6.07, 6.45) is 99.6. The molecule has 0 heterocycles. The van der Waals surface area contributed by atoms with Crippen molar-refractivity contribution in [3.8, 4) is 0 Å². The predicted octanol–water partition coefficient (Wildman–Crippen LogP) is 25.4. The summed E-state index contributed by atoms with van der Waals surface area (Å²) in [5, 5.41) is 0. The van der Waals surface area contributed by atoms with E-state index in [-0.39, 0.29) is 25.6 Å². The number of carbonyl (C=O) groups is 2.